The Morgan fingerprint density at radius 3 is 2.94 bits per heavy atom. The first-order valence-corrected chi connectivity index (χ1v) is 6.33. The molecule has 1 atom stereocenters. The molecule has 1 aromatic heterocycles. The van der Waals surface area contributed by atoms with Gasteiger partial charge in [0.1, 0.15) is 0 Å². The van der Waals surface area contributed by atoms with Crippen LogP contribution in [0, 0.1) is 0 Å². The van der Waals surface area contributed by atoms with Crippen molar-refractivity contribution in [3.63, 3.8) is 0 Å². The van der Waals surface area contributed by atoms with Crippen molar-refractivity contribution in [3.05, 3.63) is 48.3 Å². The predicted molar refractivity (Wildman–Crippen MR) is 75.0 cm³/mol. The lowest BCUT2D eigenvalue weighted by atomic mass is 9.96. The standard InChI is InChI=1S/C15H17N3/c1-11-6-7-12-4-2-3-5-15(12)18(11)14-8-13(16)9-17-10-14/h2-5,8-11H,6-7,16H2,1H3. The van der Waals surface area contributed by atoms with Gasteiger partial charge < -0.3 is 10.6 Å². The number of pyridine rings is 1. The molecule has 0 radical (unpaired) electrons. The molecule has 2 heterocycles. The van der Waals surface area contributed by atoms with Crippen molar-refractivity contribution in [1.82, 2.24) is 4.98 Å². The van der Waals surface area contributed by atoms with Crippen molar-refractivity contribution < 1.29 is 0 Å². The Balaban J connectivity index is 2.10. The molecule has 0 amide bonds. The Hall–Kier alpha value is -2.03. The van der Waals surface area contributed by atoms with Crippen LogP contribution in [0.1, 0.15) is 18.9 Å². The normalized spacial score (nSPS) is 18.5. The summed E-state index contributed by atoms with van der Waals surface area (Å²) in [5.74, 6) is 0. The number of hydrogen-bond acceptors (Lipinski definition) is 3. The molecule has 3 nitrogen and oxygen atoms in total. The van der Waals surface area contributed by atoms with Gasteiger partial charge in [0, 0.05) is 17.9 Å². The molecule has 3 heteroatoms. The van der Waals surface area contributed by atoms with Gasteiger partial charge in [-0.25, -0.2) is 0 Å². The van der Waals surface area contributed by atoms with Gasteiger partial charge in [0.05, 0.1) is 17.6 Å². The van der Waals surface area contributed by atoms with E-state index < -0.39 is 0 Å². The van der Waals surface area contributed by atoms with Crippen LogP contribution in [0.3, 0.4) is 0 Å². The molecule has 3 rings (SSSR count). The van der Waals surface area contributed by atoms with E-state index in [1.807, 2.05) is 12.3 Å². The lowest BCUT2D eigenvalue weighted by Gasteiger charge is -2.37. The number of nitrogen functional groups attached to an aromatic ring is 1. The Bertz CT molecular complexity index is 565. The Morgan fingerprint density at radius 2 is 2.11 bits per heavy atom. The number of aromatic nitrogens is 1. The summed E-state index contributed by atoms with van der Waals surface area (Å²) in [6, 6.07) is 11.0. The quantitative estimate of drug-likeness (QED) is 0.831. The Morgan fingerprint density at radius 1 is 1.28 bits per heavy atom. The Labute approximate surface area is 107 Å². The predicted octanol–water partition coefficient (Wildman–Crippen LogP) is 3.14. The first-order chi connectivity index (χ1) is 8.75. The van der Waals surface area contributed by atoms with Crippen LogP contribution in [-0.4, -0.2) is 11.0 Å². The minimum Gasteiger partial charge on any atom is -0.397 e. The third kappa shape index (κ3) is 1.82. The summed E-state index contributed by atoms with van der Waals surface area (Å²) >= 11 is 0. The van der Waals surface area contributed by atoms with E-state index in [9.17, 15) is 0 Å². The molecule has 0 saturated heterocycles. The zero-order valence-corrected chi connectivity index (χ0v) is 10.5. The molecule has 2 aromatic rings. The molecule has 0 aliphatic carbocycles. The van der Waals surface area contributed by atoms with Crippen molar-refractivity contribution in [2.75, 3.05) is 10.6 Å². The molecule has 1 unspecified atom stereocenters. The van der Waals surface area contributed by atoms with Crippen molar-refractivity contribution in [1.29, 1.82) is 0 Å². The fourth-order valence-electron chi connectivity index (χ4n) is 2.66. The lowest BCUT2D eigenvalue weighted by Crippen LogP contribution is -2.33. The number of benzene rings is 1. The third-order valence-corrected chi connectivity index (χ3v) is 3.55. The summed E-state index contributed by atoms with van der Waals surface area (Å²) in [5, 5.41) is 0. The first-order valence-electron chi connectivity index (χ1n) is 6.33. The van der Waals surface area contributed by atoms with Crippen LogP contribution in [0.2, 0.25) is 0 Å². The minimum absolute atomic E-state index is 0.475. The second kappa shape index (κ2) is 4.33. The fourth-order valence-corrected chi connectivity index (χ4v) is 2.66. The molecule has 0 saturated carbocycles. The fraction of sp³-hybridized carbons (Fsp3) is 0.267. The molecule has 1 aliphatic heterocycles. The maximum absolute atomic E-state index is 5.84. The van der Waals surface area contributed by atoms with Gasteiger partial charge in [-0.15, -0.1) is 0 Å². The largest absolute Gasteiger partial charge is 0.397 e. The van der Waals surface area contributed by atoms with Crippen LogP contribution in [0.25, 0.3) is 0 Å². The van der Waals surface area contributed by atoms with E-state index in [1.54, 1.807) is 6.20 Å². The van der Waals surface area contributed by atoms with Crippen molar-refractivity contribution in [3.8, 4) is 0 Å². The number of aryl methyl sites for hydroxylation is 1. The second-order valence-electron chi connectivity index (χ2n) is 4.86. The minimum atomic E-state index is 0.475. The van der Waals surface area contributed by atoms with Gasteiger partial charge in [0.2, 0.25) is 0 Å². The van der Waals surface area contributed by atoms with Gasteiger partial charge in [-0.3, -0.25) is 4.98 Å². The first kappa shape index (κ1) is 11.1. The smallest absolute Gasteiger partial charge is 0.0620 e. The number of anilines is 3. The SMILES string of the molecule is CC1CCc2ccccc2N1c1cncc(N)c1. The molecule has 18 heavy (non-hydrogen) atoms. The number of para-hydroxylation sites is 1. The highest BCUT2D eigenvalue weighted by atomic mass is 15.2. The van der Waals surface area contributed by atoms with E-state index in [0.717, 1.165) is 18.5 Å². The number of rotatable bonds is 1. The molecule has 1 aromatic carbocycles. The maximum atomic E-state index is 5.84. The average Bonchev–Trinajstić information content (AvgIpc) is 2.38. The number of hydrogen-bond donors (Lipinski definition) is 1. The molecular formula is C15H17N3. The van der Waals surface area contributed by atoms with Gasteiger partial charge in [0.15, 0.2) is 0 Å². The third-order valence-electron chi connectivity index (χ3n) is 3.55. The van der Waals surface area contributed by atoms with Gasteiger partial charge >= 0.3 is 0 Å². The van der Waals surface area contributed by atoms with Crippen LogP contribution in [0.5, 0.6) is 0 Å². The highest BCUT2D eigenvalue weighted by molar-refractivity contribution is 5.70. The Kier molecular flexibility index (Phi) is 2.67. The van der Waals surface area contributed by atoms with E-state index >= 15 is 0 Å². The molecular weight excluding hydrogens is 222 g/mol. The number of nitrogens with two attached hydrogens (primary N) is 1. The monoisotopic (exact) mass is 239 g/mol. The lowest BCUT2D eigenvalue weighted by molar-refractivity contribution is 0.617. The van der Waals surface area contributed by atoms with E-state index in [1.165, 1.54) is 11.3 Å². The maximum Gasteiger partial charge on any atom is 0.0620 e. The van der Waals surface area contributed by atoms with Gasteiger partial charge in [0.25, 0.3) is 0 Å². The molecule has 0 bridgehead atoms. The molecule has 2 N–H and O–H groups in total. The average molecular weight is 239 g/mol. The summed E-state index contributed by atoms with van der Waals surface area (Å²) in [7, 11) is 0. The molecule has 1 aliphatic rings. The molecule has 0 spiro atoms. The second-order valence-corrected chi connectivity index (χ2v) is 4.86. The van der Waals surface area contributed by atoms with E-state index in [-0.39, 0.29) is 0 Å². The highest BCUT2D eigenvalue weighted by Crippen LogP contribution is 2.36. The van der Waals surface area contributed by atoms with Crippen LogP contribution in [0.4, 0.5) is 17.1 Å². The highest BCUT2D eigenvalue weighted by Gasteiger charge is 2.24. The van der Waals surface area contributed by atoms with E-state index in [0.29, 0.717) is 11.7 Å². The molecule has 0 fully saturated rings. The number of nitrogens with zero attached hydrogens (tertiary/aromatic N) is 2. The number of fused-ring (bicyclic) bond motifs is 1. The summed E-state index contributed by atoms with van der Waals surface area (Å²) < 4.78 is 0. The van der Waals surface area contributed by atoms with Crippen molar-refractivity contribution >= 4 is 17.1 Å². The van der Waals surface area contributed by atoms with Crippen LogP contribution in [0.15, 0.2) is 42.7 Å². The van der Waals surface area contributed by atoms with E-state index in [2.05, 4.69) is 41.1 Å². The van der Waals surface area contributed by atoms with Crippen molar-refractivity contribution in [2.45, 2.75) is 25.8 Å². The summed E-state index contributed by atoms with van der Waals surface area (Å²) in [6.45, 7) is 2.25. The van der Waals surface area contributed by atoms with Gasteiger partial charge in [-0.1, -0.05) is 18.2 Å². The zero-order valence-electron chi connectivity index (χ0n) is 10.5. The van der Waals surface area contributed by atoms with Crippen molar-refractivity contribution in [2.24, 2.45) is 0 Å². The van der Waals surface area contributed by atoms with Crippen LogP contribution < -0.4 is 10.6 Å². The van der Waals surface area contributed by atoms with Gasteiger partial charge in [-0.2, -0.15) is 0 Å². The summed E-state index contributed by atoms with van der Waals surface area (Å²) in [4.78, 5) is 6.54. The van der Waals surface area contributed by atoms with Gasteiger partial charge in [-0.05, 0) is 37.5 Å². The summed E-state index contributed by atoms with van der Waals surface area (Å²) in [6.07, 6.45) is 5.87. The van der Waals surface area contributed by atoms with E-state index in [4.69, 9.17) is 5.73 Å². The van der Waals surface area contributed by atoms with Crippen LogP contribution >= 0.6 is 0 Å². The zero-order chi connectivity index (χ0) is 12.5. The topological polar surface area (TPSA) is 42.2 Å². The summed E-state index contributed by atoms with van der Waals surface area (Å²) in [5.41, 5.74) is 10.3. The molecule has 92 valence electrons. The van der Waals surface area contributed by atoms with Crippen LogP contribution in [-0.2, 0) is 6.42 Å².